The largest absolute Gasteiger partial charge is 0.381 e. The summed E-state index contributed by atoms with van der Waals surface area (Å²) in [6.07, 6.45) is 1.79. The van der Waals surface area contributed by atoms with Crippen LogP contribution in [0.15, 0.2) is 12.1 Å². The van der Waals surface area contributed by atoms with Gasteiger partial charge in [-0.3, -0.25) is 4.21 Å². The van der Waals surface area contributed by atoms with Crippen LogP contribution in [-0.2, 0) is 15.5 Å². The third-order valence-corrected chi connectivity index (χ3v) is 5.90. The van der Waals surface area contributed by atoms with Gasteiger partial charge in [0.1, 0.15) is 0 Å². The average Bonchev–Trinajstić information content (AvgIpc) is 2.38. The van der Waals surface area contributed by atoms with Crippen LogP contribution in [0.5, 0.6) is 0 Å². The summed E-state index contributed by atoms with van der Waals surface area (Å²) in [5.74, 6) is 0.551. The molecule has 0 spiro atoms. The van der Waals surface area contributed by atoms with Gasteiger partial charge in [-0.2, -0.15) is 0 Å². The SMILES string of the molecule is Cc1cc(C)c(C(N)CS(=O)C2CCOCC2)c(C)c1. The van der Waals surface area contributed by atoms with E-state index in [2.05, 4.69) is 32.9 Å². The zero-order valence-corrected chi connectivity index (χ0v) is 13.5. The molecule has 0 radical (unpaired) electrons. The highest BCUT2D eigenvalue weighted by molar-refractivity contribution is 7.85. The number of aryl methyl sites for hydroxylation is 3. The Morgan fingerprint density at radius 1 is 1.25 bits per heavy atom. The molecule has 20 heavy (non-hydrogen) atoms. The summed E-state index contributed by atoms with van der Waals surface area (Å²) in [7, 11) is -0.864. The molecule has 0 bridgehead atoms. The summed E-state index contributed by atoms with van der Waals surface area (Å²) >= 11 is 0. The minimum atomic E-state index is -0.864. The van der Waals surface area contributed by atoms with Crippen molar-refractivity contribution >= 4 is 10.8 Å². The van der Waals surface area contributed by atoms with Crippen molar-refractivity contribution in [2.75, 3.05) is 19.0 Å². The third kappa shape index (κ3) is 3.68. The zero-order valence-electron chi connectivity index (χ0n) is 12.6. The second kappa shape index (κ2) is 6.83. The Labute approximate surface area is 124 Å². The number of hydrogen-bond donors (Lipinski definition) is 1. The van der Waals surface area contributed by atoms with Crippen molar-refractivity contribution < 1.29 is 8.95 Å². The Bertz CT molecular complexity index is 472. The molecule has 0 amide bonds. The van der Waals surface area contributed by atoms with Crippen LogP contribution in [0.2, 0.25) is 0 Å². The molecule has 1 heterocycles. The van der Waals surface area contributed by atoms with Gasteiger partial charge < -0.3 is 10.5 Å². The quantitative estimate of drug-likeness (QED) is 0.928. The Balaban J connectivity index is 2.08. The van der Waals surface area contributed by atoms with Crippen molar-refractivity contribution in [3.8, 4) is 0 Å². The summed E-state index contributed by atoms with van der Waals surface area (Å²) in [5.41, 5.74) is 11.2. The predicted molar refractivity (Wildman–Crippen MR) is 84.4 cm³/mol. The van der Waals surface area contributed by atoms with Crippen molar-refractivity contribution in [3.63, 3.8) is 0 Å². The minimum absolute atomic E-state index is 0.140. The third-order valence-electron chi connectivity index (χ3n) is 3.99. The van der Waals surface area contributed by atoms with Gasteiger partial charge in [0.25, 0.3) is 0 Å². The van der Waals surface area contributed by atoms with Crippen LogP contribution < -0.4 is 5.73 Å². The lowest BCUT2D eigenvalue weighted by molar-refractivity contribution is 0.0992. The predicted octanol–water partition coefficient (Wildman–Crippen LogP) is 2.54. The molecule has 3 nitrogen and oxygen atoms in total. The van der Waals surface area contributed by atoms with E-state index in [4.69, 9.17) is 10.5 Å². The number of benzene rings is 1. The van der Waals surface area contributed by atoms with Crippen LogP contribution in [0.1, 0.15) is 41.1 Å². The maximum absolute atomic E-state index is 12.4. The molecule has 112 valence electrons. The summed E-state index contributed by atoms with van der Waals surface area (Å²) < 4.78 is 17.8. The highest BCUT2D eigenvalue weighted by atomic mass is 32.2. The summed E-state index contributed by atoms with van der Waals surface area (Å²) in [4.78, 5) is 0. The molecule has 1 aromatic carbocycles. The van der Waals surface area contributed by atoms with E-state index in [9.17, 15) is 4.21 Å². The highest BCUT2D eigenvalue weighted by Gasteiger charge is 2.23. The van der Waals surface area contributed by atoms with Gasteiger partial charge in [0.15, 0.2) is 0 Å². The van der Waals surface area contributed by atoms with Crippen molar-refractivity contribution in [2.45, 2.75) is 44.9 Å². The average molecular weight is 295 g/mol. The maximum Gasteiger partial charge on any atom is 0.0477 e. The molecule has 0 saturated carbocycles. The second-order valence-electron chi connectivity index (χ2n) is 5.78. The molecule has 4 heteroatoms. The van der Waals surface area contributed by atoms with Crippen molar-refractivity contribution in [1.29, 1.82) is 0 Å². The van der Waals surface area contributed by atoms with E-state index >= 15 is 0 Å². The van der Waals surface area contributed by atoms with Gasteiger partial charge >= 0.3 is 0 Å². The maximum atomic E-state index is 12.4. The number of nitrogens with two attached hydrogens (primary N) is 1. The molecule has 1 aliphatic rings. The Hall–Kier alpha value is -0.710. The number of ether oxygens (including phenoxy) is 1. The van der Waals surface area contributed by atoms with E-state index in [1.807, 2.05) is 0 Å². The normalized spacial score (nSPS) is 19.8. The smallest absolute Gasteiger partial charge is 0.0477 e. The molecule has 2 N–H and O–H groups in total. The lowest BCUT2D eigenvalue weighted by Crippen LogP contribution is -2.30. The van der Waals surface area contributed by atoms with Crippen LogP contribution >= 0.6 is 0 Å². The van der Waals surface area contributed by atoms with E-state index in [-0.39, 0.29) is 11.3 Å². The van der Waals surface area contributed by atoms with Gasteiger partial charge in [0, 0.05) is 41.1 Å². The van der Waals surface area contributed by atoms with E-state index in [0.29, 0.717) is 5.75 Å². The van der Waals surface area contributed by atoms with Crippen molar-refractivity contribution in [3.05, 3.63) is 34.4 Å². The van der Waals surface area contributed by atoms with E-state index in [1.165, 1.54) is 16.7 Å². The fourth-order valence-corrected chi connectivity index (χ4v) is 4.62. The molecule has 0 aromatic heterocycles. The van der Waals surface area contributed by atoms with Crippen LogP contribution in [0.25, 0.3) is 0 Å². The minimum Gasteiger partial charge on any atom is -0.381 e. The van der Waals surface area contributed by atoms with Crippen LogP contribution in [0.4, 0.5) is 0 Å². The summed E-state index contributed by atoms with van der Waals surface area (Å²) in [6.45, 7) is 7.73. The molecular weight excluding hydrogens is 270 g/mol. The van der Waals surface area contributed by atoms with Crippen molar-refractivity contribution in [1.82, 2.24) is 0 Å². The Morgan fingerprint density at radius 2 is 1.80 bits per heavy atom. The van der Waals surface area contributed by atoms with Crippen molar-refractivity contribution in [2.24, 2.45) is 5.73 Å². The van der Waals surface area contributed by atoms with Crippen LogP contribution in [0.3, 0.4) is 0 Å². The van der Waals surface area contributed by atoms with Gasteiger partial charge in [-0.25, -0.2) is 0 Å². The van der Waals surface area contributed by atoms with Crippen LogP contribution in [-0.4, -0.2) is 28.4 Å². The standard InChI is InChI=1S/C16H25NO2S/c1-11-8-12(2)16(13(3)9-11)15(17)10-20(18)14-4-6-19-7-5-14/h8-9,14-15H,4-7,10,17H2,1-3H3. The summed E-state index contributed by atoms with van der Waals surface area (Å²) in [6, 6.07) is 4.17. The topological polar surface area (TPSA) is 52.3 Å². The van der Waals surface area contributed by atoms with Gasteiger partial charge in [0.2, 0.25) is 0 Å². The van der Waals surface area contributed by atoms with Gasteiger partial charge in [-0.1, -0.05) is 17.7 Å². The molecule has 1 aliphatic heterocycles. The lowest BCUT2D eigenvalue weighted by Gasteiger charge is -2.24. The Kier molecular flexibility index (Phi) is 5.35. The van der Waals surface area contributed by atoms with E-state index < -0.39 is 10.8 Å². The fraction of sp³-hybridized carbons (Fsp3) is 0.625. The molecular formula is C16H25NO2S. The number of rotatable bonds is 4. The molecule has 0 aliphatic carbocycles. The molecule has 2 unspecified atom stereocenters. The van der Waals surface area contributed by atoms with E-state index in [0.717, 1.165) is 31.6 Å². The first kappa shape index (κ1) is 15.7. The second-order valence-corrected chi connectivity index (χ2v) is 7.54. The first-order valence-corrected chi connectivity index (χ1v) is 8.65. The molecule has 1 aromatic rings. The van der Waals surface area contributed by atoms with E-state index in [1.54, 1.807) is 0 Å². The Morgan fingerprint density at radius 3 is 2.35 bits per heavy atom. The molecule has 2 rings (SSSR count). The van der Waals surface area contributed by atoms with Gasteiger partial charge in [0.05, 0.1) is 0 Å². The van der Waals surface area contributed by atoms with Gasteiger partial charge in [-0.05, 0) is 50.3 Å². The number of hydrogen-bond acceptors (Lipinski definition) is 3. The first-order chi connectivity index (χ1) is 9.49. The zero-order chi connectivity index (χ0) is 14.7. The van der Waals surface area contributed by atoms with Crippen LogP contribution in [0, 0.1) is 20.8 Å². The molecule has 1 saturated heterocycles. The first-order valence-electron chi connectivity index (χ1n) is 7.27. The highest BCUT2D eigenvalue weighted by Crippen LogP contribution is 2.24. The molecule has 1 fully saturated rings. The summed E-state index contributed by atoms with van der Waals surface area (Å²) in [5, 5.41) is 0.251. The fourth-order valence-electron chi connectivity index (χ4n) is 3.11. The molecule has 2 atom stereocenters. The monoisotopic (exact) mass is 295 g/mol. The lowest BCUT2D eigenvalue weighted by atomic mass is 9.95. The van der Waals surface area contributed by atoms with Gasteiger partial charge in [-0.15, -0.1) is 0 Å².